The molecule has 2 rings (SSSR count). The maximum atomic E-state index is 13.6. The van der Waals surface area contributed by atoms with Gasteiger partial charge in [0, 0.05) is 16.5 Å². The third-order valence-electron chi connectivity index (χ3n) is 3.41. The van der Waals surface area contributed by atoms with E-state index in [1.165, 1.54) is 6.07 Å². The van der Waals surface area contributed by atoms with Gasteiger partial charge >= 0.3 is 5.97 Å². The Morgan fingerprint density at radius 1 is 1.08 bits per heavy atom. The number of hydrogen-bond donors (Lipinski definition) is 2. The number of carboxylic acids is 1. The number of nitrogens with one attached hydrogen (secondary N) is 1. The minimum atomic E-state index is -1.23. The average Bonchev–Trinajstić information content (AvgIpc) is 2.52. The fourth-order valence-electron chi connectivity index (χ4n) is 2.19. The van der Waals surface area contributed by atoms with Gasteiger partial charge in [0.2, 0.25) is 5.91 Å². The molecular weight excluding hydrogens is 384 g/mol. The van der Waals surface area contributed by atoms with Crippen molar-refractivity contribution in [3.05, 3.63) is 69.7 Å². The van der Waals surface area contributed by atoms with Crippen LogP contribution < -0.4 is 5.32 Å². The number of carboxylic acid groups (broad SMARTS) is 1. The molecule has 0 saturated carbocycles. The second kappa shape index (κ2) is 8.01. The van der Waals surface area contributed by atoms with Gasteiger partial charge in [0.25, 0.3) is 0 Å². The van der Waals surface area contributed by atoms with Gasteiger partial charge in [0.1, 0.15) is 17.7 Å². The highest BCUT2D eigenvalue weighted by Crippen LogP contribution is 2.18. The molecular formula is C17H14BrF2NO3. The molecule has 1 atom stereocenters. The van der Waals surface area contributed by atoms with Gasteiger partial charge in [-0.2, -0.15) is 0 Å². The van der Waals surface area contributed by atoms with Crippen molar-refractivity contribution in [3.63, 3.8) is 0 Å². The van der Waals surface area contributed by atoms with Crippen molar-refractivity contribution in [2.75, 3.05) is 0 Å². The van der Waals surface area contributed by atoms with Crippen LogP contribution in [-0.4, -0.2) is 23.0 Å². The number of hydrogen-bond acceptors (Lipinski definition) is 2. The highest BCUT2D eigenvalue weighted by atomic mass is 79.9. The van der Waals surface area contributed by atoms with E-state index in [0.717, 1.165) is 12.1 Å². The maximum Gasteiger partial charge on any atom is 0.326 e. The molecule has 0 bridgehead atoms. The quantitative estimate of drug-likeness (QED) is 0.786. The molecule has 2 aromatic carbocycles. The molecule has 1 amide bonds. The summed E-state index contributed by atoms with van der Waals surface area (Å²) < 4.78 is 27.8. The highest BCUT2D eigenvalue weighted by molar-refractivity contribution is 9.10. The first kappa shape index (κ1) is 18.1. The zero-order chi connectivity index (χ0) is 17.7. The van der Waals surface area contributed by atoms with Gasteiger partial charge < -0.3 is 10.4 Å². The van der Waals surface area contributed by atoms with Gasteiger partial charge in [-0.1, -0.05) is 40.2 Å². The van der Waals surface area contributed by atoms with Gasteiger partial charge in [-0.3, -0.25) is 4.79 Å². The lowest BCUT2D eigenvalue weighted by Crippen LogP contribution is -2.43. The second-order valence-electron chi connectivity index (χ2n) is 5.13. The molecule has 2 N–H and O–H groups in total. The molecule has 0 spiro atoms. The van der Waals surface area contributed by atoms with Crippen LogP contribution in [-0.2, 0) is 22.4 Å². The monoisotopic (exact) mass is 397 g/mol. The predicted molar refractivity (Wildman–Crippen MR) is 87.5 cm³/mol. The summed E-state index contributed by atoms with van der Waals surface area (Å²) in [4.78, 5) is 23.3. The van der Waals surface area contributed by atoms with Crippen molar-refractivity contribution < 1.29 is 23.5 Å². The number of halogens is 3. The zero-order valence-corrected chi connectivity index (χ0v) is 14.0. The van der Waals surface area contributed by atoms with Gasteiger partial charge in [0.15, 0.2) is 0 Å². The van der Waals surface area contributed by atoms with Crippen LogP contribution in [0.2, 0.25) is 0 Å². The van der Waals surface area contributed by atoms with Crippen molar-refractivity contribution in [1.29, 1.82) is 0 Å². The molecule has 0 heterocycles. The highest BCUT2D eigenvalue weighted by Gasteiger charge is 2.22. The standard InChI is InChI=1S/C17H14BrF2NO3/c18-12-5-2-1-4-10(12)8-15(17(23)24)21-16(22)9-11-13(19)6-3-7-14(11)20/h1-7,15H,8-9H2,(H,21,22)(H,23,24)/t15-/m1/s1. The Kier molecular flexibility index (Phi) is 6.03. The fourth-order valence-corrected chi connectivity index (χ4v) is 2.64. The maximum absolute atomic E-state index is 13.6. The van der Waals surface area contributed by atoms with E-state index in [1.54, 1.807) is 24.3 Å². The predicted octanol–water partition coefficient (Wildman–Crippen LogP) is 3.08. The van der Waals surface area contributed by atoms with Crippen LogP contribution in [0.1, 0.15) is 11.1 Å². The lowest BCUT2D eigenvalue weighted by molar-refractivity contribution is -0.141. The third-order valence-corrected chi connectivity index (χ3v) is 4.19. The second-order valence-corrected chi connectivity index (χ2v) is 5.99. The molecule has 0 saturated heterocycles. The average molecular weight is 398 g/mol. The topological polar surface area (TPSA) is 66.4 Å². The lowest BCUT2D eigenvalue weighted by atomic mass is 10.1. The number of rotatable bonds is 6. The van der Waals surface area contributed by atoms with Crippen LogP contribution >= 0.6 is 15.9 Å². The summed E-state index contributed by atoms with van der Waals surface area (Å²) in [7, 11) is 0. The molecule has 24 heavy (non-hydrogen) atoms. The summed E-state index contributed by atoms with van der Waals surface area (Å²) in [6, 6.07) is 9.08. The number of carbonyl (C=O) groups excluding carboxylic acids is 1. The van der Waals surface area contributed by atoms with E-state index in [2.05, 4.69) is 21.2 Å². The Morgan fingerprint density at radius 2 is 1.71 bits per heavy atom. The van der Waals surface area contributed by atoms with Crippen molar-refractivity contribution in [3.8, 4) is 0 Å². The Hall–Kier alpha value is -2.28. The third kappa shape index (κ3) is 4.61. The Balaban J connectivity index is 2.09. The van der Waals surface area contributed by atoms with Crippen LogP contribution in [0.4, 0.5) is 8.78 Å². The normalized spacial score (nSPS) is 11.8. The molecule has 0 aromatic heterocycles. The van der Waals surface area contributed by atoms with Gasteiger partial charge in [-0.05, 0) is 23.8 Å². The molecule has 0 aliphatic rings. The number of benzene rings is 2. The van der Waals surface area contributed by atoms with E-state index in [-0.39, 0.29) is 12.0 Å². The first-order valence-electron chi connectivity index (χ1n) is 7.07. The van der Waals surface area contributed by atoms with Crippen LogP contribution in [0.15, 0.2) is 46.9 Å². The van der Waals surface area contributed by atoms with Crippen LogP contribution in [0.5, 0.6) is 0 Å². The smallest absolute Gasteiger partial charge is 0.326 e. The number of aliphatic carboxylic acids is 1. The van der Waals surface area contributed by atoms with Gasteiger partial charge in [0.05, 0.1) is 6.42 Å². The van der Waals surface area contributed by atoms with Crippen molar-refractivity contribution in [2.24, 2.45) is 0 Å². The van der Waals surface area contributed by atoms with E-state index in [9.17, 15) is 23.5 Å². The lowest BCUT2D eigenvalue weighted by Gasteiger charge is -2.16. The molecule has 0 unspecified atom stereocenters. The number of carbonyl (C=O) groups is 2. The minimum absolute atomic E-state index is 0.0439. The first-order valence-corrected chi connectivity index (χ1v) is 7.86. The molecule has 0 aliphatic heterocycles. The van der Waals surface area contributed by atoms with E-state index in [4.69, 9.17) is 0 Å². The fraction of sp³-hybridized carbons (Fsp3) is 0.176. The minimum Gasteiger partial charge on any atom is -0.480 e. The van der Waals surface area contributed by atoms with E-state index in [1.807, 2.05) is 0 Å². The van der Waals surface area contributed by atoms with Crippen LogP contribution in [0.3, 0.4) is 0 Å². The largest absolute Gasteiger partial charge is 0.480 e. The summed E-state index contributed by atoms with van der Waals surface area (Å²) >= 11 is 3.31. The van der Waals surface area contributed by atoms with Gasteiger partial charge in [-0.15, -0.1) is 0 Å². The molecule has 0 fully saturated rings. The van der Waals surface area contributed by atoms with E-state index in [0.29, 0.717) is 10.0 Å². The molecule has 7 heteroatoms. The molecule has 0 aliphatic carbocycles. The summed E-state index contributed by atoms with van der Waals surface area (Å²) in [5.74, 6) is -3.68. The van der Waals surface area contributed by atoms with Crippen LogP contribution in [0, 0.1) is 11.6 Å². The van der Waals surface area contributed by atoms with Crippen LogP contribution in [0.25, 0.3) is 0 Å². The van der Waals surface area contributed by atoms with Crippen molar-refractivity contribution in [1.82, 2.24) is 5.32 Å². The number of amides is 1. The first-order chi connectivity index (χ1) is 11.4. The summed E-state index contributed by atoms with van der Waals surface area (Å²) in [5, 5.41) is 11.6. The Bertz CT molecular complexity index is 747. The van der Waals surface area contributed by atoms with Crippen molar-refractivity contribution >= 4 is 27.8 Å². The van der Waals surface area contributed by atoms with Gasteiger partial charge in [-0.25, -0.2) is 13.6 Å². The Labute approximate surface area is 145 Å². The molecule has 2 aromatic rings. The zero-order valence-electron chi connectivity index (χ0n) is 12.4. The summed E-state index contributed by atoms with van der Waals surface area (Å²) in [5.41, 5.74) is 0.308. The summed E-state index contributed by atoms with van der Waals surface area (Å²) in [6.45, 7) is 0. The molecule has 0 radical (unpaired) electrons. The van der Waals surface area contributed by atoms with E-state index < -0.39 is 36.0 Å². The SMILES string of the molecule is O=C(Cc1c(F)cccc1F)N[C@H](Cc1ccccc1Br)C(=O)O. The summed E-state index contributed by atoms with van der Waals surface area (Å²) in [6.07, 6.45) is -0.527. The van der Waals surface area contributed by atoms with E-state index >= 15 is 0 Å². The Morgan fingerprint density at radius 3 is 2.29 bits per heavy atom. The molecule has 4 nitrogen and oxygen atoms in total. The molecule has 126 valence electrons. The van der Waals surface area contributed by atoms with Crippen molar-refractivity contribution in [2.45, 2.75) is 18.9 Å².